The number of nitrogens with one attached hydrogen (secondary N) is 2. The summed E-state index contributed by atoms with van der Waals surface area (Å²) < 4.78 is 32.7. The van der Waals surface area contributed by atoms with Gasteiger partial charge in [0.15, 0.2) is 0 Å². The molecule has 8 heteroatoms. The minimum absolute atomic E-state index is 0.0792. The number of hydrogen-bond donors (Lipinski definition) is 2. The number of carbonyl (C=O) groups excluding carboxylic acids is 2. The third-order valence-corrected chi connectivity index (χ3v) is 6.07. The lowest BCUT2D eigenvalue weighted by Crippen LogP contribution is -2.15. The Morgan fingerprint density at radius 3 is 1.90 bits per heavy atom. The molecule has 3 rings (SSSR count). The number of hydrogen-bond acceptors (Lipinski definition) is 5. The van der Waals surface area contributed by atoms with E-state index in [4.69, 9.17) is 0 Å². The minimum atomic E-state index is -3.78. The van der Waals surface area contributed by atoms with Gasteiger partial charge in [-0.05, 0) is 73.5 Å². The molecule has 0 fully saturated rings. The van der Waals surface area contributed by atoms with Crippen LogP contribution >= 0.6 is 0 Å². The molecule has 0 heterocycles. The Hall–Kier alpha value is -3.65. The van der Waals surface area contributed by atoms with Gasteiger partial charge in [-0.3, -0.25) is 9.52 Å². The number of carbonyl (C=O) groups is 2. The van der Waals surface area contributed by atoms with Crippen LogP contribution in [0.4, 0.5) is 11.4 Å². The zero-order valence-electron chi connectivity index (χ0n) is 17.3. The fourth-order valence-electron chi connectivity index (χ4n) is 2.96. The largest absolute Gasteiger partial charge is 0.465 e. The molecule has 0 aliphatic carbocycles. The smallest absolute Gasteiger partial charge is 0.337 e. The Balaban J connectivity index is 1.72. The van der Waals surface area contributed by atoms with Gasteiger partial charge in [0.25, 0.3) is 15.9 Å². The first-order chi connectivity index (χ1) is 14.7. The monoisotopic (exact) mass is 438 g/mol. The van der Waals surface area contributed by atoms with E-state index in [9.17, 15) is 18.0 Å². The van der Waals surface area contributed by atoms with Crippen molar-refractivity contribution < 1.29 is 22.7 Å². The Morgan fingerprint density at radius 1 is 0.806 bits per heavy atom. The molecule has 0 spiro atoms. The van der Waals surface area contributed by atoms with E-state index in [2.05, 4.69) is 14.8 Å². The van der Waals surface area contributed by atoms with Crippen molar-refractivity contribution in [1.82, 2.24) is 0 Å². The van der Waals surface area contributed by atoms with Gasteiger partial charge in [-0.1, -0.05) is 18.2 Å². The number of anilines is 2. The zero-order chi connectivity index (χ0) is 22.6. The van der Waals surface area contributed by atoms with Crippen molar-refractivity contribution in [3.05, 3.63) is 89.0 Å². The molecule has 0 aromatic heterocycles. The van der Waals surface area contributed by atoms with Crippen LogP contribution in [0.25, 0.3) is 0 Å². The first kappa shape index (κ1) is 22.0. The second-order valence-electron chi connectivity index (χ2n) is 6.92. The highest BCUT2D eigenvalue weighted by Crippen LogP contribution is 2.24. The van der Waals surface area contributed by atoms with Crippen LogP contribution in [0.1, 0.15) is 31.8 Å². The number of sulfonamides is 1. The average Bonchev–Trinajstić information content (AvgIpc) is 2.76. The third-order valence-electron chi connectivity index (χ3n) is 4.71. The standard InChI is InChI=1S/C23H22N2O5S/c1-15-5-4-6-16(2)21(15)25-31(28,29)20-13-11-19(12-14-20)24-22(26)17-7-9-18(10-8-17)23(27)30-3/h4-14,25H,1-3H3,(H,24,26). The summed E-state index contributed by atoms with van der Waals surface area (Å²) in [5, 5.41) is 2.70. The van der Waals surface area contributed by atoms with Crippen molar-refractivity contribution in [2.75, 3.05) is 17.1 Å². The minimum Gasteiger partial charge on any atom is -0.465 e. The second-order valence-corrected chi connectivity index (χ2v) is 8.60. The van der Waals surface area contributed by atoms with E-state index in [1.165, 1.54) is 55.6 Å². The van der Waals surface area contributed by atoms with Gasteiger partial charge in [0.05, 0.1) is 23.3 Å². The normalized spacial score (nSPS) is 10.9. The fourth-order valence-corrected chi connectivity index (χ4v) is 4.17. The lowest BCUT2D eigenvalue weighted by atomic mass is 10.1. The van der Waals surface area contributed by atoms with E-state index in [1.807, 2.05) is 32.0 Å². The maximum absolute atomic E-state index is 12.7. The molecule has 0 saturated heterocycles. The summed E-state index contributed by atoms with van der Waals surface area (Å²) in [6.45, 7) is 3.67. The predicted octanol–water partition coefficient (Wildman–Crippen LogP) is 4.14. The fraction of sp³-hybridized carbons (Fsp3) is 0.130. The molecule has 0 radical (unpaired) electrons. The maximum atomic E-state index is 12.7. The molecule has 0 unspecified atom stereocenters. The molecule has 3 aromatic rings. The van der Waals surface area contributed by atoms with Crippen LogP contribution in [0.5, 0.6) is 0 Å². The van der Waals surface area contributed by atoms with Gasteiger partial charge in [-0.2, -0.15) is 0 Å². The number of amides is 1. The van der Waals surface area contributed by atoms with Crippen LogP contribution < -0.4 is 10.0 Å². The van der Waals surface area contributed by atoms with E-state index in [-0.39, 0.29) is 10.8 Å². The van der Waals surface area contributed by atoms with E-state index in [1.54, 1.807) is 0 Å². The van der Waals surface area contributed by atoms with Crippen LogP contribution in [0, 0.1) is 13.8 Å². The van der Waals surface area contributed by atoms with Crippen molar-refractivity contribution in [2.45, 2.75) is 18.7 Å². The summed E-state index contributed by atoms with van der Waals surface area (Å²) in [7, 11) is -2.50. The van der Waals surface area contributed by atoms with E-state index in [0.717, 1.165) is 11.1 Å². The molecule has 31 heavy (non-hydrogen) atoms. The van der Waals surface area contributed by atoms with E-state index < -0.39 is 16.0 Å². The van der Waals surface area contributed by atoms with Crippen LogP contribution in [0.3, 0.4) is 0 Å². The summed E-state index contributed by atoms with van der Waals surface area (Å²) in [6, 6.07) is 17.4. The molecule has 1 amide bonds. The Bertz CT molecular complexity index is 1200. The van der Waals surface area contributed by atoms with Crippen molar-refractivity contribution in [3.63, 3.8) is 0 Å². The molecule has 7 nitrogen and oxygen atoms in total. The number of rotatable bonds is 6. The molecule has 0 aliphatic rings. The first-order valence-electron chi connectivity index (χ1n) is 9.40. The number of aryl methyl sites for hydroxylation is 2. The quantitative estimate of drug-likeness (QED) is 0.563. The topological polar surface area (TPSA) is 102 Å². The predicted molar refractivity (Wildman–Crippen MR) is 119 cm³/mol. The Kier molecular flexibility index (Phi) is 6.41. The van der Waals surface area contributed by atoms with Gasteiger partial charge in [-0.15, -0.1) is 0 Å². The SMILES string of the molecule is COC(=O)c1ccc(C(=O)Nc2ccc(S(=O)(=O)Nc3c(C)cccc3C)cc2)cc1. The third kappa shape index (κ3) is 5.10. The highest BCUT2D eigenvalue weighted by molar-refractivity contribution is 7.92. The van der Waals surface area contributed by atoms with E-state index >= 15 is 0 Å². The van der Waals surface area contributed by atoms with Gasteiger partial charge in [0.2, 0.25) is 0 Å². The van der Waals surface area contributed by atoms with Gasteiger partial charge >= 0.3 is 5.97 Å². The first-order valence-corrected chi connectivity index (χ1v) is 10.9. The summed E-state index contributed by atoms with van der Waals surface area (Å²) in [4.78, 5) is 24.0. The number of esters is 1. The molecule has 0 saturated carbocycles. The summed E-state index contributed by atoms with van der Waals surface area (Å²) in [5.74, 6) is -0.876. The van der Waals surface area contributed by atoms with Gasteiger partial charge in [0, 0.05) is 11.3 Å². The molecule has 160 valence electrons. The van der Waals surface area contributed by atoms with Crippen LogP contribution in [0.15, 0.2) is 71.6 Å². The van der Waals surface area contributed by atoms with Gasteiger partial charge < -0.3 is 10.1 Å². The highest BCUT2D eigenvalue weighted by Gasteiger charge is 2.17. The number of para-hydroxylation sites is 1. The summed E-state index contributed by atoms with van der Waals surface area (Å²) in [6.07, 6.45) is 0. The molecule has 3 aromatic carbocycles. The van der Waals surface area contributed by atoms with Crippen molar-refractivity contribution >= 4 is 33.3 Å². The average molecular weight is 439 g/mol. The number of ether oxygens (including phenoxy) is 1. The lowest BCUT2D eigenvalue weighted by molar-refractivity contribution is 0.0600. The Morgan fingerprint density at radius 2 is 1.35 bits per heavy atom. The Labute approximate surface area is 181 Å². The van der Waals surface area contributed by atoms with Crippen molar-refractivity contribution in [1.29, 1.82) is 0 Å². The molecule has 0 aliphatic heterocycles. The molecular formula is C23H22N2O5S. The molecular weight excluding hydrogens is 416 g/mol. The van der Waals surface area contributed by atoms with E-state index in [0.29, 0.717) is 22.5 Å². The van der Waals surface area contributed by atoms with Crippen LogP contribution in [0.2, 0.25) is 0 Å². The van der Waals surface area contributed by atoms with Crippen LogP contribution in [-0.4, -0.2) is 27.4 Å². The molecule has 2 N–H and O–H groups in total. The van der Waals surface area contributed by atoms with Gasteiger partial charge in [0.1, 0.15) is 0 Å². The van der Waals surface area contributed by atoms with Crippen molar-refractivity contribution in [2.24, 2.45) is 0 Å². The molecule has 0 atom stereocenters. The van der Waals surface area contributed by atoms with Crippen LogP contribution in [-0.2, 0) is 14.8 Å². The zero-order valence-corrected chi connectivity index (χ0v) is 18.1. The number of benzene rings is 3. The molecule has 0 bridgehead atoms. The number of methoxy groups -OCH3 is 1. The maximum Gasteiger partial charge on any atom is 0.337 e. The van der Waals surface area contributed by atoms with Gasteiger partial charge in [-0.25, -0.2) is 13.2 Å². The second kappa shape index (κ2) is 9.01. The van der Waals surface area contributed by atoms with Crippen molar-refractivity contribution in [3.8, 4) is 0 Å². The summed E-state index contributed by atoms with van der Waals surface area (Å²) >= 11 is 0. The lowest BCUT2D eigenvalue weighted by Gasteiger charge is -2.13. The highest BCUT2D eigenvalue weighted by atomic mass is 32.2. The summed E-state index contributed by atoms with van der Waals surface area (Å²) in [5.41, 5.74) is 3.32.